The van der Waals surface area contributed by atoms with Gasteiger partial charge in [0.15, 0.2) is 5.11 Å². The lowest BCUT2D eigenvalue weighted by molar-refractivity contribution is 0.0977. The highest BCUT2D eigenvalue weighted by Gasteiger charge is 2.09. The molecule has 5 nitrogen and oxygen atoms in total. The summed E-state index contributed by atoms with van der Waals surface area (Å²) in [4.78, 5) is 16.1. The maximum Gasteiger partial charge on any atom is 0.258 e. The van der Waals surface area contributed by atoms with Gasteiger partial charge in [0.25, 0.3) is 5.91 Å². The first kappa shape index (κ1) is 18.9. The van der Waals surface area contributed by atoms with Crippen LogP contribution in [-0.4, -0.2) is 23.1 Å². The molecular formula is C19H23N3O2S. The fraction of sp³-hybridized carbons (Fsp3) is 0.316. The summed E-state index contributed by atoms with van der Waals surface area (Å²) in [6.07, 6.45) is 6.20. The van der Waals surface area contributed by atoms with Crippen LogP contribution < -0.4 is 15.4 Å². The van der Waals surface area contributed by atoms with Crippen molar-refractivity contribution in [1.82, 2.24) is 10.3 Å². The molecule has 2 N–H and O–H groups in total. The van der Waals surface area contributed by atoms with E-state index in [9.17, 15) is 4.79 Å². The number of methoxy groups -OCH3 is 1. The summed E-state index contributed by atoms with van der Waals surface area (Å²) in [5, 5.41) is 5.90. The van der Waals surface area contributed by atoms with Crippen molar-refractivity contribution >= 4 is 28.9 Å². The van der Waals surface area contributed by atoms with Crippen LogP contribution in [0.25, 0.3) is 0 Å². The molecule has 0 radical (unpaired) electrons. The van der Waals surface area contributed by atoms with E-state index in [0.29, 0.717) is 11.4 Å². The van der Waals surface area contributed by atoms with Gasteiger partial charge in [-0.2, -0.15) is 0 Å². The minimum Gasteiger partial charge on any atom is -0.481 e. The van der Waals surface area contributed by atoms with E-state index in [1.165, 1.54) is 38.1 Å². The number of amides is 1. The normalized spacial score (nSPS) is 10.2. The molecule has 0 spiro atoms. The number of aromatic nitrogens is 1. The van der Waals surface area contributed by atoms with E-state index in [0.717, 1.165) is 12.1 Å². The highest BCUT2D eigenvalue weighted by atomic mass is 32.1. The van der Waals surface area contributed by atoms with Gasteiger partial charge < -0.3 is 10.1 Å². The van der Waals surface area contributed by atoms with E-state index in [-0.39, 0.29) is 11.0 Å². The molecule has 0 aliphatic rings. The number of aryl methyl sites for hydroxylation is 1. The maximum absolute atomic E-state index is 12.1. The zero-order chi connectivity index (χ0) is 18.1. The van der Waals surface area contributed by atoms with Gasteiger partial charge in [-0.05, 0) is 48.8 Å². The van der Waals surface area contributed by atoms with Crippen LogP contribution in [0.4, 0.5) is 5.69 Å². The monoisotopic (exact) mass is 357 g/mol. The molecule has 1 amide bonds. The Balaban J connectivity index is 1.85. The summed E-state index contributed by atoms with van der Waals surface area (Å²) in [6.45, 7) is 2.20. The van der Waals surface area contributed by atoms with Gasteiger partial charge in [-0.15, -0.1) is 0 Å². The van der Waals surface area contributed by atoms with E-state index >= 15 is 0 Å². The van der Waals surface area contributed by atoms with Gasteiger partial charge >= 0.3 is 0 Å². The fourth-order valence-corrected chi connectivity index (χ4v) is 2.52. The smallest absolute Gasteiger partial charge is 0.258 e. The number of carbonyl (C=O) groups excluding carboxylic acids is 1. The molecule has 1 aromatic carbocycles. The van der Waals surface area contributed by atoms with Crippen LogP contribution >= 0.6 is 12.2 Å². The third kappa shape index (κ3) is 6.15. The van der Waals surface area contributed by atoms with E-state index in [2.05, 4.69) is 34.7 Å². The second-order valence-corrected chi connectivity index (χ2v) is 6.06. The SMILES string of the molecule is CCCCCc1ccc(NC(=S)NC(=O)c2ccc(OC)nc2)cc1. The molecule has 25 heavy (non-hydrogen) atoms. The highest BCUT2D eigenvalue weighted by Crippen LogP contribution is 2.12. The van der Waals surface area contributed by atoms with Crippen molar-refractivity contribution < 1.29 is 9.53 Å². The summed E-state index contributed by atoms with van der Waals surface area (Å²) in [5.74, 6) is 0.139. The third-order valence-electron chi connectivity index (χ3n) is 3.72. The fourth-order valence-electron chi connectivity index (χ4n) is 2.31. The van der Waals surface area contributed by atoms with Crippen molar-refractivity contribution in [3.8, 4) is 5.88 Å². The second-order valence-electron chi connectivity index (χ2n) is 5.65. The summed E-state index contributed by atoms with van der Waals surface area (Å²) < 4.78 is 4.97. The molecule has 0 saturated heterocycles. The number of benzene rings is 1. The Labute approximate surface area is 153 Å². The Kier molecular flexibility index (Phi) is 7.35. The van der Waals surface area contributed by atoms with Crippen molar-refractivity contribution in [2.75, 3.05) is 12.4 Å². The number of hydrogen-bond donors (Lipinski definition) is 2. The average Bonchev–Trinajstić information content (AvgIpc) is 2.63. The summed E-state index contributed by atoms with van der Waals surface area (Å²) in [7, 11) is 1.52. The second kappa shape index (κ2) is 9.74. The van der Waals surface area contributed by atoms with E-state index < -0.39 is 0 Å². The van der Waals surface area contributed by atoms with Gasteiger partial charge in [-0.3, -0.25) is 10.1 Å². The van der Waals surface area contributed by atoms with Gasteiger partial charge in [-0.25, -0.2) is 4.98 Å². The predicted octanol–water partition coefficient (Wildman–Crippen LogP) is 3.95. The van der Waals surface area contributed by atoms with Crippen molar-refractivity contribution in [3.63, 3.8) is 0 Å². The predicted molar refractivity (Wildman–Crippen MR) is 104 cm³/mol. The number of pyridine rings is 1. The molecule has 132 valence electrons. The Morgan fingerprint density at radius 2 is 1.92 bits per heavy atom. The number of ether oxygens (including phenoxy) is 1. The minimum atomic E-state index is -0.316. The van der Waals surface area contributed by atoms with Gasteiger partial charge in [0.1, 0.15) is 0 Å². The van der Waals surface area contributed by atoms with Crippen LogP contribution in [0.5, 0.6) is 5.88 Å². The number of unbranched alkanes of at least 4 members (excludes halogenated alkanes) is 2. The lowest BCUT2D eigenvalue weighted by atomic mass is 10.1. The molecule has 0 atom stereocenters. The Bertz CT molecular complexity index is 700. The van der Waals surface area contributed by atoms with Gasteiger partial charge in [-0.1, -0.05) is 31.9 Å². The average molecular weight is 357 g/mol. The Hall–Kier alpha value is -2.47. The molecule has 1 heterocycles. The van der Waals surface area contributed by atoms with Crippen LogP contribution in [0, 0.1) is 0 Å². The maximum atomic E-state index is 12.1. The molecule has 0 aliphatic carbocycles. The van der Waals surface area contributed by atoms with E-state index in [1.807, 2.05) is 12.1 Å². The van der Waals surface area contributed by atoms with Crippen LogP contribution in [0.3, 0.4) is 0 Å². The van der Waals surface area contributed by atoms with Crippen LogP contribution in [0.2, 0.25) is 0 Å². The number of nitrogens with zero attached hydrogens (tertiary/aromatic N) is 1. The number of thiocarbonyl (C=S) groups is 1. The van der Waals surface area contributed by atoms with Crippen molar-refractivity contribution in [1.29, 1.82) is 0 Å². The van der Waals surface area contributed by atoms with Crippen molar-refractivity contribution in [2.45, 2.75) is 32.6 Å². The summed E-state index contributed by atoms with van der Waals surface area (Å²) in [5.41, 5.74) is 2.56. The molecule has 0 fully saturated rings. The molecule has 0 saturated carbocycles. The van der Waals surface area contributed by atoms with Gasteiger partial charge in [0.2, 0.25) is 5.88 Å². The quantitative estimate of drug-likeness (QED) is 0.580. The minimum absolute atomic E-state index is 0.250. The summed E-state index contributed by atoms with van der Waals surface area (Å²) in [6, 6.07) is 11.4. The van der Waals surface area contributed by atoms with Crippen LogP contribution in [0.15, 0.2) is 42.6 Å². The molecule has 0 bridgehead atoms. The van der Waals surface area contributed by atoms with Crippen LogP contribution in [-0.2, 0) is 6.42 Å². The number of anilines is 1. The Morgan fingerprint density at radius 1 is 1.16 bits per heavy atom. The van der Waals surface area contributed by atoms with Gasteiger partial charge in [0, 0.05) is 18.0 Å². The zero-order valence-electron chi connectivity index (χ0n) is 14.5. The first-order valence-corrected chi connectivity index (χ1v) is 8.74. The number of rotatable bonds is 7. The largest absolute Gasteiger partial charge is 0.481 e. The third-order valence-corrected chi connectivity index (χ3v) is 3.92. The Morgan fingerprint density at radius 3 is 2.52 bits per heavy atom. The standard InChI is InChI=1S/C19H23N3O2S/c1-3-4-5-6-14-7-10-16(11-8-14)21-19(25)22-18(23)15-9-12-17(24-2)20-13-15/h7-13H,3-6H2,1-2H3,(H2,21,22,23,25). The number of carbonyl (C=O) groups is 1. The first-order valence-electron chi connectivity index (χ1n) is 8.33. The number of hydrogen-bond acceptors (Lipinski definition) is 4. The van der Waals surface area contributed by atoms with Crippen LogP contribution in [0.1, 0.15) is 42.1 Å². The molecule has 1 aromatic heterocycles. The molecule has 6 heteroatoms. The topological polar surface area (TPSA) is 63.2 Å². The highest BCUT2D eigenvalue weighted by molar-refractivity contribution is 7.80. The molecule has 0 unspecified atom stereocenters. The molecule has 0 aliphatic heterocycles. The lowest BCUT2D eigenvalue weighted by Gasteiger charge is -2.10. The molecular weight excluding hydrogens is 334 g/mol. The van der Waals surface area contributed by atoms with E-state index in [1.54, 1.807) is 12.1 Å². The van der Waals surface area contributed by atoms with Crippen molar-refractivity contribution in [2.24, 2.45) is 0 Å². The van der Waals surface area contributed by atoms with Gasteiger partial charge in [0.05, 0.1) is 12.7 Å². The summed E-state index contributed by atoms with van der Waals surface area (Å²) >= 11 is 5.19. The lowest BCUT2D eigenvalue weighted by Crippen LogP contribution is -2.34. The molecule has 2 rings (SSSR count). The van der Waals surface area contributed by atoms with E-state index in [4.69, 9.17) is 17.0 Å². The molecule has 2 aromatic rings. The first-order chi connectivity index (χ1) is 12.1. The number of nitrogens with one attached hydrogen (secondary N) is 2. The van der Waals surface area contributed by atoms with Crippen molar-refractivity contribution in [3.05, 3.63) is 53.7 Å². The zero-order valence-corrected chi connectivity index (χ0v) is 15.4.